The third-order valence-corrected chi connectivity index (χ3v) is 3.13. The summed E-state index contributed by atoms with van der Waals surface area (Å²) >= 11 is 11.9. The van der Waals surface area contributed by atoms with E-state index >= 15 is 0 Å². The highest BCUT2D eigenvalue weighted by Crippen LogP contribution is 2.27. The maximum atomic E-state index is 12.0. The molecule has 1 aromatic carbocycles. The molecule has 116 valence electrons. The van der Waals surface area contributed by atoms with Crippen LogP contribution in [-0.4, -0.2) is 21.6 Å². The van der Waals surface area contributed by atoms with Crippen molar-refractivity contribution in [3.8, 4) is 0 Å². The quantitative estimate of drug-likeness (QED) is 0.885. The zero-order chi connectivity index (χ0) is 16.3. The number of halogens is 2. The van der Waals surface area contributed by atoms with Crippen molar-refractivity contribution in [1.82, 2.24) is 15.5 Å². The summed E-state index contributed by atoms with van der Waals surface area (Å²) in [6, 6.07) is 8.35. The van der Waals surface area contributed by atoms with Crippen molar-refractivity contribution in [3.63, 3.8) is 0 Å². The normalized spacial score (nSPS) is 11.1. The Balaban J connectivity index is 2.10. The van der Waals surface area contributed by atoms with Gasteiger partial charge in [0.1, 0.15) is 0 Å². The van der Waals surface area contributed by atoms with Crippen molar-refractivity contribution in [3.05, 3.63) is 46.1 Å². The molecule has 0 unspecified atom stereocenters. The van der Waals surface area contributed by atoms with Crippen LogP contribution >= 0.6 is 23.2 Å². The Morgan fingerprint density at radius 1 is 1.09 bits per heavy atom. The molecule has 2 aromatic rings. The van der Waals surface area contributed by atoms with Gasteiger partial charge in [0.2, 0.25) is 0 Å². The molecule has 1 heterocycles. The zero-order valence-electron chi connectivity index (χ0n) is 12.4. The van der Waals surface area contributed by atoms with E-state index in [1.165, 1.54) is 0 Å². The molecular weight excluding hydrogens is 323 g/mol. The minimum atomic E-state index is -0.327. The standard InChI is InChI=1S/C15H16Cl2N4O/c1-15(2,3)19-14(22)12-6-7-13(21-20-12)18-11-5-4-9(16)8-10(11)17/h4-8H,1-3H3,(H,18,21)(H,19,22). The first kappa shape index (κ1) is 16.5. The summed E-state index contributed by atoms with van der Waals surface area (Å²) in [4.78, 5) is 12.0. The number of amides is 1. The van der Waals surface area contributed by atoms with E-state index in [2.05, 4.69) is 20.8 Å². The molecule has 0 aliphatic carbocycles. The fourth-order valence-corrected chi connectivity index (χ4v) is 2.11. The fraction of sp³-hybridized carbons (Fsp3) is 0.267. The van der Waals surface area contributed by atoms with Crippen LogP contribution in [0.2, 0.25) is 10.0 Å². The van der Waals surface area contributed by atoms with E-state index in [9.17, 15) is 4.79 Å². The van der Waals surface area contributed by atoms with E-state index < -0.39 is 0 Å². The van der Waals surface area contributed by atoms with Gasteiger partial charge in [-0.25, -0.2) is 0 Å². The number of anilines is 2. The number of carbonyl (C=O) groups is 1. The first-order valence-corrected chi connectivity index (χ1v) is 7.38. The first-order chi connectivity index (χ1) is 10.2. The number of nitrogens with one attached hydrogen (secondary N) is 2. The van der Waals surface area contributed by atoms with E-state index in [-0.39, 0.29) is 17.1 Å². The van der Waals surface area contributed by atoms with Crippen molar-refractivity contribution >= 4 is 40.6 Å². The van der Waals surface area contributed by atoms with Crippen LogP contribution in [-0.2, 0) is 0 Å². The molecule has 0 radical (unpaired) electrons. The number of nitrogens with zero attached hydrogens (tertiary/aromatic N) is 2. The summed E-state index contributed by atoms with van der Waals surface area (Å²) in [7, 11) is 0. The summed E-state index contributed by atoms with van der Waals surface area (Å²) in [5, 5.41) is 14.8. The summed E-state index contributed by atoms with van der Waals surface area (Å²) < 4.78 is 0. The van der Waals surface area contributed by atoms with Crippen molar-refractivity contribution in [2.24, 2.45) is 0 Å². The molecule has 5 nitrogen and oxygen atoms in total. The Hall–Kier alpha value is -1.85. The molecule has 0 atom stereocenters. The largest absolute Gasteiger partial charge is 0.346 e. The van der Waals surface area contributed by atoms with E-state index in [4.69, 9.17) is 23.2 Å². The van der Waals surface area contributed by atoms with Gasteiger partial charge in [-0.15, -0.1) is 10.2 Å². The minimum Gasteiger partial charge on any atom is -0.346 e. The molecule has 2 N–H and O–H groups in total. The highest BCUT2D eigenvalue weighted by Gasteiger charge is 2.16. The van der Waals surface area contributed by atoms with Crippen LogP contribution in [0.3, 0.4) is 0 Å². The molecule has 0 saturated carbocycles. The number of hydrogen-bond acceptors (Lipinski definition) is 4. The molecule has 0 aliphatic rings. The van der Waals surface area contributed by atoms with E-state index in [1.807, 2.05) is 20.8 Å². The molecule has 2 rings (SSSR count). The monoisotopic (exact) mass is 338 g/mol. The Labute approximate surface area is 139 Å². The average molecular weight is 339 g/mol. The van der Waals surface area contributed by atoms with Gasteiger partial charge in [-0.1, -0.05) is 23.2 Å². The van der Waals surface area contributed by atoms with Gasteiger partial charge in [0.15, 0.2) is 11.5 Å². The second-order valence-corrected chi connectivity index (χ2v) is 6.60. The van der Waals surface area contributed by atoms with Gasteiger partial charge in [-0.2, -0.15) is 0 Å². The van der Waals surface area contributed by atoms with Crippen molar-refractivity contribution in [2.45, 2.75) is 26.3 Å². The zero-order valence-corrected chi connectivity index (χ0v) is 14.0. The number of rotatable bonds is 3. The lowest BCUT2D eigenvalue weighted by molar-refractivity contribution is 0.0913. The van der Waals surface area contributed by atoms with Gasteiger partial charge in [-0.3, -0.25) is 4.79 Å². The molecule has 22 heavy (non-hydrogen) atoms. The second kappa shape index (κ2) is 6.50. The number of aromatic nitrogens is 2. The highest BCUT2D eigenvalue weighted by molar-refractivity contribution is 6.36. The maximum absolute atomic E-state index is 12.0. The smallest absolute Gasteiger partial charge is 0.272 e. The summed E-state index contributed by atoms with van der Waals surface area (Å²) in [6.45, 7) is 5.70. The lowest BCUT2D eigenvalue weighted by Gasteiger charge is -2.19. The topological polar surface area (TPSA) is 66.9 Å². The van der Waals surface area contributed by atoms with Gasteiger partial charge in [0.05, 0.1) is 10.7 Å². The molecule has 1 amide bonds. The summed E-state index contributed by atoms with van der Waals surface area (Å²) in [5.74, 6) is 0.215. The third-order valence-electron chi connectivity index (χ3n) is 2.58. The van der Waals surface area contributed by atoms with Crippen LogP contribution < -0.4 is 10.6 Å². The van der Waals surface area contributed by atoms with E-state index in [1.54, 1.807) is 30.3 Å². The van der Waals surface area contributed by atoms with Gasteiger partial charge < -0.3 is 10.6 Å². The van der Waals surface area contributed by atoms with E-state index in [0.29, 0.717) is 21.6 Å². The van der Waals surface area contributed by atoms with Gasteiger partial charge in [0.25, 0.3) is 5.91 Å². The van der Waals surface area contributed by atoms with E-state index in [0.717, 1.165) is 0 Å². The maximum Gasteiger partial charge on any atom is 0.272 e. The van der Waals surface area contributed by atoms with Crippen molar-refractivity contribution in [1.29, 1.82) is 0 Å². The van der Waals surface area contributed by atoms with Crippen LogP contribution in [0.4, 0.5) is 11.5 Å². The number of benzene rings is 1. The first-order valence-electron chi connectivity index (χ1n) is 6.63. The van der Waals surface area contributed by atoms with Crippen molar-refractivity contribution in [2.75, 3.05) is 5.32 Å². The minimum absolute atomic E-state index is 0.252. The molecule has 0 spiro atoms. The van der Waals surface area contributed by atoms with Gasteiger partial charge >= 0.3 is 0 Å². The Morgan fingerprint density at radius 3 is 2.36 bits per heavy atom. The summed E-state index contributed by atoms with van der Waals surface area (Å²) in [5.41, 5.74) is 0.585. The Morgan fingerprint density at radius 2 is 1.82 bits per heavy atom. The molecular formula is C15H16Cl2N4O. The lowest BCUT2D eigenvalue weighted by Crippen LogP contribution is -2.41. The van der Waals surface area contributed by atoms with Crippen LogP contribution in [0.5, 0.6) is 0 Å². The van der Waals surface area contributed by atoms with Crippen LogP contribution in [0.25, 0.3) is 0 Å². The Kier molecular flexibility index (Phi) is 4.88. The number of carbonyl (C=O) groups excluding carboxylic acids is 1. The molecule has 7 heteroatoms. The van der Waals surface area contributed by atoms with Crippen LogP contribution in [0, 0.1) is 0 Å². The molecule has 0 fully saturated rings. The number of hydrogen-bond donors (Lipinski definition) is 2. The molecule has 1 aromatic heterocycles. The molecule has 0 bridgehead atoms. The highest BCUT2D eigenvalue weighted by atomic mass is 35.5. The van der Waals surface area contributed by atoms with Gasteiger partial charge in [-0.05, 0) is 51.1 Å². The van der Waals surface area contributed by atoms with Gasteiger partial charge in [0, 0.05) is 10.6 Å². The van der Waals surface area contributed by atoms with Crippen molar-refractivity contribution < 1.29 is 4.79 Å². The third kappa shape index (κ3) is 4.58. The SMILES string of the molecule is CC(C)(C)NC(=O)c1ccc(Nc2ccc(Cl)cc2Cl)nn1. The van der Waals surface area contributed by atoms with Crippen LogP contribution in [0.1, 0.15) is 31.3 Å². The fourth-order valence-electron chi connectivity index (χ4n) is 1.65. The predicted octanol–water partition coefficient (Wildman–Crippen LogP) is 4.06. The molecule has 0 aliphatic heterocycles. The average Bonchev–Trinajstić information content (AvgIpc) is 2.41. The lowest BCUT2D eigenvalue weighted by atomic mass is 10.1. The Bertz CT molecular complexity index is 681. The molecule has 0 saturated heterocycles. The summed E-state index contributed by atoms with van der Waals surface area (Å²) in [6.07, 6.45) is 0. The predicted molar refractivity (Wildman–Crippen MR) is 89.0 cm³/mol. The van der Waals surface area contributed by atoms with Crippen LogP contribution in [0.15, 0.2) is 30.3 Å². The second-order valence-electron chi connectivity index (χ2n) is 5.76.